The van der Waals surface area contributed by atoms with Crippen molar-refractivity contribution in [2.75, 3.05) is 6.61 Å². The van der Waals surface area contributed by atoms with Crippen molar-refractivity contribution < 1.29 is 4.74 Å². The Labute approximate surface area is 90.8 Å². The van der Waals surface area contributed by atoms with Gasteiger partial charge in [-0.2, -0.15) is 0 Å². The van der Waals surface area contributed by atoms with E-state index in [-0.39, 0.29) is 0 Å². The molecule has 1 unspecified atom stereocenters. The summed E-state index contributed by atoms with van der Waals surface area (Å²) in [5.74, 6) is 0. The van der Waals surface area contributed by atoms with Crippen molar-refractivity contribution >= 4 is 0 Å². The van der Waals surface area contributed by atoms with Gasteiger partial charge in [-0.1, -0.05) is 30.4 Å². The molecule has 2 aliphatic carbocycles. The van der Waals surface area contributed by atoms with Crippen molar-refractivity contribution in [3.8, 4) is 0 Å². The van der Waals surface area contributed by atoms with E-state index in [9.17, 15) is 0 Å². The van der Waals surface area contributed by atoms with Crippen LogP contribution in [0.15, 0.2) is 47.1 Å². The van der Waals surface area contributed by atoms with Gasteiger partial charge in [-0.05, 0) is 42.4 Å². The zero-order valence-corrected chi connectivity index (χ0v) is 8.91. The smallest absolute Gasteiger partial charge is 0.0797 e. The van der Waals surface area contributed by atoms with Crippen molar-refractivity contribution in [1.82, 2.24) is 0 Å². The molecule has 1 heteroatoms. The number of fused-ring (bicyclic) bond motifs is 2. The molecule has 0 aromatic rings. The number of hydrogen-bond acceptors (Lipinski definition) is 1. The van der Waals surface area contributed by atoms with Crippen LogP contribution in [0.2, 0.25) is 0 Å². The quantitative estimate of drug-likeness (QED) is 0.583. The van der Waals surface area contributed by atoms with Gasteiger partial charge in [0.15, 0.2) is 0 Å². The summed E-state index contributed by atoms with van der Waals surface area (Å²) in [7, 11) is 0. The summed E-state index contributed by atoms with van der Waals surface area (Å²) in [5, 5.41) is 0. The summed E-state index contributed by atoms with van der Waals surface area (Å²) in [6.45, 7) is 0.947. The van der Waals surface area contributed by atoms with Crippen LogP contribution in [0, 0.1) is 0 Å². The first-order valence-electron chi connectivity index (χ1n) is 5.84. The molecule has 1 nitrogen and oxygen atoms in total. The molecule has 0 spiro atoms. The minimum atomic E-state index is 0.411. The SMILES string of the molecule is C1=CC=C2CCC3OCCCC3=C2C=C1. The molecule has 1 saturated heterocycles. The summed E-state index contributed by atoms with van der Waals surface area (Å²) in [4.78, 5) is 0. The Hall–Kier alpha value is -1.08. The highest BCUT2D eigenvalue weighted by Crippen LogP contribution is 2.37. The first kappa shape index (κ1) is 9.17. The molecular formula is C14H16O. The van der Waals surface area contributed by atoms with Crippen LogP contribution in [0.5, 0.6) is 0 Å². The van der Waals surface area contributed by atoms with E-state index in [1.807, 2.05) is 0 Å². The van der Waals surface area contributed by atoms with Crippen LogP contribution in [0.25, 0.3) is 0 Å². The summed E-state index contributed by atoms with van der Waals surface area (Å²) < 4.78 is 5.83. The van der Waals surface area contributed by atoms with E-state index >= 15 is 0 Å². The molecule has 0 saturated carbocycles. The van der Waals surface area contributed by atoms with Crippen molar-refractivity contribution in [3.63, 3.8) is 0 Å². The molecule has 0 radical (unpaired) electrons. The Morgan fingerprint density at radius 2 is 2.13 bits per heavy atom. The van der Waals surface area contributed by atoms with Crippen LogP contribution < -0.4 is 0 Å². The van der Waals surface area contributed by atoms with Gasteiger partial charge in [0.25, 0.3) is 0 Å². The van der Waals surface area contributed by atoms with Crippen molar-refractivity contribution in [1.29, 1.82) is 0 Å². The molecule has 78 valence electrons. The summed E-state index contributed by atoms with van der Waals surface area (Å²) in [6.07, 6.45) is 16.1. The van der Waals surface area contributed by atoms with Crippen molar-refractivity contribution in [2.24, 2.45) is 0 Å². The lowest BCUT2D eigenvalue weighted by atomic mass is 9.82. The Kier molecular flexibility index (Phi) is 2.34. The minimum Gasteiger partial charge on any atom is -0.374 e. The molecule has 0 amide bonds. The lowest BCUT2D eigenvalue weighted by Crippen LogP contribution is -2.26. The van der Waals surface area contributed by atoms with Crippen LogP contribution in [0.1, 0.15) is 25.7 Å². The van der Waals surface area contributed by atoms with E-state index in [1.54, 1.807) is 5.57 Å². The molecule has 0 bridgehead atoms. The third-order valence-corrected chi connectivity index (χ3v) is 3.45. The van der Waals surface area contributed by atoms with Crippen molar-refractivity contribution in [3.05, 3.63) is 47.1 Å². The third kappa shape index (κ3) is 1.61. The maximum atomic E-state index is 5.83. The van der Waals surface area contributed by atoms with Gasteiger partial charge in [0.2, 0.25) is 0 Å². The van der Waals surface area contributed by atoms with Gasteiger partial charge in [-0.25, -0.2) is 0 Å². The second-order valence-electron chi connectivity index (χ2n) is 4.38. The van der Waals surface area contributed by atoms with Crippen LogP contribution in [0.4, 0.5) is 0 Å². The first-order chi connectivity index (χ1) is 7.45. The lowest BCUT2D eigenvalue weighted by molar-refractivity contribution is 0.0448. The Bertz CT molecular complexity index is 382. The average Bonchev–Trinajstić information content (AvgIpc) is 2.54. The van der Waals surface area contributed by atoms with Gasteiger partial charge >= 0.3 is 0 Å². The Morgan fingerprint density at radius 1 is 1.13 bits per heavy atom. The van der Waals surface area contributed by atoms with E-state index in [2.05, 4.69) is 30.4 Å². The molecule has 3 aliphatic rings. The highest BCUT2D eigenvalue weighted by Gasteiger charge is 2.27. The normalized spacial score (nSPS) is 29.3. The fourth-order valence-corrected chi connectivity index (χ4v) is 2.72. The van der Waals surface area contributed by atoms with E-state index < -0.39 is 0 Å². The minimum absolute atomic E-state index is 0.411. The van der Waals surface area contributed by atoms with Gasteiger partial charge < -0.3 is 4.74 Å². The molecule has 1 aliphatic heterocycles. The molecule has 0 N–H and O–H groups in total. The molecule has 3 rings (SSSR count). The predicted molar refractivity (Wildman–Crippen MR) is 61.6 cm³/mol. The molecule has 15 heavy (non-hydrogen) atoms. The highest BCUT2D eigenvalue weighted by atomic mass is 16.5. The summed E-state index contributed by atoms with van der Waals surface area (Å²) in [6, 6.07) is 0. The van der Waals surface area contributed by atoms with Gasteiger partial charge in [0.1, 0.15) is 0 Å². The third-order valence-electron chi connectivity index (χ3n) is 3.45. The number of ether oxygens (including phenoxy) is 1. The average molecular weight is 200 g/mol. The maximum absolute atomic E-state index is 5.83. The number of allylic oxidation sites excluding steroid dienone is 7. The number of hydrogen-bond donors (Lipinski definition) is 0. The lowest BCUT2D eigenvalue weighted by Gasteiger charge is -2.33. The molecule has 0 aromatic carbocycles. The Balaban J connectivity index is 2.06. The van der Waals surface area contributed by atoms with Crippen LogP contribution in [-0.2, 0) is 4.74 Å². The molecule has 1 atom stereocenters. The van der Waals surface area contributed by atoms with E-state index in [0.717, 1.165) is 13.0 Å². The zero-order chi connectivity index (χ0) is 10.1. The molecular weight excluding hydrogens is 184 g/mol. The van der Waals surface area contributed by atoms with Crippen LogP contribution >= 0.6 is 0 Å². The second kappa shape index (κ2) is 3.82. The second-order valence-corrected chi connectivity index (χ2v) is 4.38. The van der Waals surface area contributed by atoms with E-state index in [0.29, 0.717) is 6.10 Å². The Morgan fingerprint density at radius 3 is 3.13 bits per heavy atom. The van der Waals surface area contributed by atoms with E-state index in [4.69, 9.17) is 4.74 Å². The summed E-state index contributed by atoms with van der Waals surface area (Å²) in [5.41, 5.74) is 4.49. The van der Waals surface area contributed by atoms with Crippen LogP contribution in [-0.4, -0.2) is 12.7 Å². The van der Waals surface area contributed by atoms with Gasteiger partial charge in [0, 0.05) is 6.61 Å². The molecule has 1 heterocycles. The van der Waals surface area contributed by atoms with E-state index in [1.165, 1.54) is 30.4 Å². The maximum Gasteiger partial charge on any atom is 0.0797 e. The zero-order valence-electron chi connectivity index (χ0n) is 8.91. The molecule has 0 aromatic heterocycles. The number of rotatable bonds is 0. The fourth-order valence-electron chi connectivity index (χ4n) is 2.72. The largest absolute Gasteiger partial charge is 0.374 e. The first-order valence-corrected chi connectivity index (χ1v) is 5.84. The summed E-state index contributed by atoms with van der Waals surface area (Å²) >= 11 is 0. The monoisotopic (exact) mass is 200 g/mol. The standard InChI is InChI=1S/C14H16O/c1-2-5-11-8-9-14-13(7-4-10-15-14)12(11)6-3-1/h1-3,5-6,14H,4,7-10H2. The van der Waals surface area contributed by atoms with Gasteiger partial charge in [-0.3, -0.25) is 0 Å². The fraction of sp³-hybridized carbons (Fsp3) is 0.429. The van der Waals surface area contributed by atoms with Crippen molar-refractivity contribution in [2.45, 2.75) is 31.8 Å². The van der Waals surface area contributed by atoms with Gasteiger partial charge in [-0.15, -0.1) is 0 Å². The van der Waals surface area contributed by atoms with Crippen LogP contribution in [0.3, 0.4) is 0 Å². The predicted octanol–water partition coefficient (Wildman–Crippen LogP) is 3.31. The topological polar surface area (TPSA) is 9.23 Å². The highest BCUT2D eigenvalue weighted by molar-refractivity contribution is 5.51. The molecule has 1 fully saturated rings. The van der Waals surface area contributed by atoms with Gasteiger partial charge in [0.05, 0.1) is 6.10 Å².